The average molecular weight is 266 g/mol. The molecule has 0 heterocycles. The predicted octanol–water partition coefficient (Wildman–Crippen LogP) is 3.08. The van der Waals surface area contributed by atoms with Crippen LogP contribution < -0.4 is 4.74 Å². The van der Waals surface area contributed by atoms with Gasteiger partial charge in [0.2, 0.25) is 0 Å². The van der Waals surface area contributed by atoms with E-state index < -0.39 is 5.97 Å². The van der Waals surface area contributed by atoms with E-state index in [4.69, 9.17) is 14.6 Å². The van der Waals surface area contributed by atoms with Gasteiger partial charge >= 0.3 is 5.97 Å². The van der Waals surface area contributed by atoms with Crippen molar-refractivity contribution in [1.82, 2.24) is 0 Å². The van der Waals surface area contributed by atoms with Crippen LogP contribution in [0.5, 0.6) is 5.75 Å². The molecule has 106 valence electrons. The minimum absolute atomic E-state index is 0.311. The maximum absolute atomic E-state index is 10.5. The molecule has 1 aromatic rings. The van der Waals surface area contributed by atoms with Gasteiger partial charge in [0.15, 0.2) is 6.61 Å². The summed E-state index contributed by atoms with van der Waals surface area (Å²) in [6.07, 6.45) is 2.19. The van der Waals surface area contributed by atoms with E-state index in [-0.39, 0.29) is 6.61 Å². The number of benzene rings is 1. The van der Waals surface area contributed by atoms with Crippen molar-refractivity contribution < 1.29 is 19.4 Å². The SMILES string of the molecule is CCCCOCc1cc(C)c(OCC(=O)O)c(C)c1. The summed E-state index contributed by atoms with van der Waals surface area (Å²) in [5.41, 5.74) is 2.97. The molecule has 1 N–H and O–H groups in total. The van der Waals surface area contributed by atoms with Crippen molar-refractivity contribution in [3.8, 4) is 5.75 Å². The van der Waals surface area contributed by atoms with Crippen LogP contribution in [0.2, 0.25) is 0 Å². The van der Waals surface area contributed by atoms with Crippen molar-refractivity contribution in [3.63, 3.8) is 0 Å². The van der Waals surface area contributed by atoms with E-state index in [1.165, 1.54) is 0 Å². The number of unbranched alkanes of at least 4 members (excludes halogenated alkanes) is 1. The highest BCUT2D eigenvalue weighted by atomic mass is 16.5. The van der Waals surface area contributed by atoms with Gasteiger partial charge in [-0.2, -0.15) is 0 Å². The molecule has 0 aliphatic carbocycles. The fourth-order valence-corrected chi connectivity index (χ4v) is 1.92. The average Bonchev–Trinajstić information content (AvgIpc) is 2.33. The lowest BCUT2D eigenvalue weighted by molar-refractivity contribution is -0.139. The van der Waals surface area contributed by atoms with Gasteiger partial charge in [-0.3, -0.25) is 0 Å². The van der Waals surface area contributed by atoms with Crippen LogP contribution in [0, 0.1) is 13.8 Å². The molecule has 4 nitrogen and oxygen atoms in total. The van der Waals surface area contributed by atoms with Crippen LogP contribution in [0.25, 0.3) is 0 Å². The summed E-state index contributed by atoms with van der Waals surface area (Å²) in [5.74, 6) is -0.314. The van der Waals surface area contributed by atoms with Crippen molar-refractivity contribution in [1.29, 1.82) is 0 Å². The number of carbonyl (C=O) groups is 1. The van der Waals surface area contributed by atoms with E-state index in [9.17, 15) is 4.79 Å². The number of hydrogen-bond acceptors (Lipinski definition) is 3. The largest absolute Gasteiger partial charge is 0.481 e. The van der Waals surface area contributed by atoms with Crippen LogP contribution in [0.3, 0.4) is 0 Å². The Kier molecular flexibility index (Phi) is 6.36. The number of aryl methyl sites for hydroxylation is 2. The van der Waals surface area contributed by atoms with E-state index in [0.717, 1.165) is 36.1 Å². The van der Waals surface area contributed by atoms with Gasteiger partial charge in [-0.1, -0.05) is 25.5 Å². The molecular weight excluding hydrogens is 244 g/mol. The van der Waals surface area contributed by atoms with Crippen molar-refractivity contribution in [2.75, 3.05) is 13.2 Å². The summed E-state index contributed by atoms with van der Waals surface area (Å²) in [6.45, 7) is 7.01. The molecule has 0 saturated heterocycles. The number of carboxylic acids is 1. The molecule has 0 spiro atoms. The Hall–Kier alpha value is -1.55. The zero-order chi connectivity index (χ0) is 14.3. The number of hydrogen-bond donors (Lipinski definition) is 1. The molecule has 0 radical (unpaired) electrons. The summed E-state index contributed by atoms with van der Waals surface area (Å²) in [5, 5.41) is 8.63. The topological polar surface area (TPSA) is 55.8 Å². The third kappa shape index (κ3) is 5.30. The normalized spacial score (nSPS) is 10.5. The maximum atomic E-state index is 10.5. The second-order valence-electron chi connectivity index (χ2n) is 4.65. The first kappa shape index (κ1) is 15.5. The molecule has 0 aromatic heterocycles. The second kappa shape index (κ2) is 7.79. The van der Waals surface area contributed by atoms with Gasteiger partial charge in [-0.25, -0.2) is 4.79 Å². The van der Waals surface area contributed by atoms with E-state index in [1.54, 1.807) is 0 Å². The standard InChI is InChI=1S/C15H22O4/c1-4-5-6-18-9-13-7-11(2)15(12(3)8-13)19-10-14(16)17/h7-8H,4-6,9-10H2,1-3H3,(H,16,17). The van der Waals surface area contributed by atoms with Gasteiger partial charge in [0.1, 0.15) is 5.75 Å². The molecule has 0 bridgehead atoms. The zero-order valence-corrected chi connectivity index (χ0v) is 11.9. The summed E-state index contributed by atoms with van der Waals surface area (Å²) in [7, 11) is 0. The highest BCUT2D eigenvalue weighted by Gasteiger charge is 2.08. The fraction of sp³-hybridized carbons (Fsp3) is 0.533. The van der Waals surface area contributed by atoms with Crippen molar-refractivity contribution in [3.05, 3.63) is 28.8 Å². The molecule has 0 unspecified atom stereocenters. The minimum Gasteiger partial charge on any atom is -0.481 e. The van der Waals surface area contributed by atoms with Crippen LogP contribution in [-0.4, -0.2) is 24.3 Å². The zero-order valence-electron chi connectivity index (χ0n) is 11.9. The Morgan fingerprint density at radius 3 is 2.42 bits per heavy atom. The van der Waals surface area contributed by atoms with Crippen LogP contribution in [0.4, 0.5) is 0 Å². The smallest absolute Gasteiger partial charge is 0.341 e. The first-order valence-corrected chi connectivity index (χ1v) is 6.57. The highest BCUT2D eigenvalue weighted by molar-refractivity contribution is 5.68. The van der Waals surface area contributed by atoms with E-state index in [0.29, 0.717) is 12.4 Å². The lowest BCUT2D eigenvalue weighted by atomic mass is 10.1. The quantitative estimate of drug-likeness (QED) is 0.735. The monoisotopic (exact) mass is 266 g/mol. The lowest BCUT2D eigenvalue weighted by Crippen LogP contribution is -2.11. The summed E-state index contributed by atoms with van der Waals surface area (Å²) in [6, 6.07) is 3.96. The van der Waals surface area contributed by atoms with E-state index in [1.807, 2.05) is 26.0 Å². The van der Waals surface area contributed by atoms with Crippen LogP contribution in [-0.2, 0) is 16.1 Å². The van der Waals surface area contributed by atoms with Gasteiger partial charge in [0.25, 0.3) is 0 Å². The fourth-order valence-electron chi connectivity index (χ4n) is 1.92. The molecule has 0 aliphatic rings. The molecule has 1 aromatic carbocycles. The van der Waals surface area contributed by atoms with Gasteiger partial charge in [-0.05, 0) is 37.0 Å². The molecule has 4 heteroatoms. The number of carboxylic acid groups (broad SMARTS) is 1. The summed E-state index contributed by atoms with van der Waals surface area (Å²) in [4.78, 5) is 10.5. The highest BCUT2D eigenvalue weighted by Crippen LogP contribution is 2.25. The van der Waals surface area contributed by atoms with Gasteiger partial charge in [0, 0.05) is 6.61 Å². The van der Waals surface area contributed by atoms with Crippen LogP contribution in [0.15, 0.2) is 12.1 Å². The van der Waals surface area contributed by atoms with Crippen LogP contribution >= 0.6 is 0 Å². The predicted molar refractivity (Wildman–Crippen MR) is 73.6 cm³/mol. The van der Waals surface area contributed by atoms with Gasteiger partial charge < -0.3 is 14.6 Å². The number of ether oxygens (including phenoxy) is 2. The molecule has 0 atom stereocenters. The molecule has 0 fully saturated rings. The Balaban J connectivity index is 2.65. The first-order valence-electron chi connectivity index (χ1n) is 6.57. The number of aliphatic carboxylic acids is 1. The van der Waals surface area contributed by atoms with Crippen molar-refractivity contribution in [2.24, 2.45) is 0 Å². The van der Waals surface area contributed by atoms with Gasteiger partial charge in [-0.15, -0.1) is 0 Å². The summed E-state index contributed by atoms with van der Waals surface area (Å²) >= 11 is 0. The van der Waals surface area contributed by atoms with E-state index in [2.05, 4.69) is 6.92 Å². The van der Waals surface area contributed by atoms with Gasteiger partial charge in [0.05, 0.1) is 6.61 Å². The molecular formula is C15H22O4. The minimum atomic E-state index is -0.967. The Labute approximate surface area is 114 Å². The van der Waals surface area contributed by atoms with Crippen LogP contribution in [0.1, 0.15) is 36.5 Å². The molecule has 1 rings (SSSR count). The second-order valence-corrected chi connectivity index (χ2v) is 4.65. The van der Waals surface area contributed by atoms with E-state index >= 15 is 0 Å². The molecule has 19 heavy (non-hydrogen) atoms. The third-order valence-corrected chi connectivity index (χ3v) is 2.77. The Morgan fingerprint density at radius 1 is 1.26 bits per heavy atom. The molecule has 0 aliphatic heterocycles. The lowest BCUT2D eigenvalue weighted by Gasteiger charge is -2.13. The first-order chi connectivity index (χ1) is 9.04. The molecule has 0 saturated carbocycles. The number of rotatable bonds is 8. The third-order valence-electron chi connectivity index (χ3n) is 2.77. The maximum Gasteiger partial charge on any atom is 0.341 e. The Morgan fingerprint density at radius 2 is 1.89 bits per heavy atom. The Bertz CT molecular complexity index is 403. The summed E-state index contributed by atoms with van der Waals surface area (Å²) < 4.78 is 10.9. The molecule has 0 amide bonds. The van der Waals surface area contributed by atoms with Crippen molar-refractivity contribution in [2.45, 2.75) is 40.2 Å². The van der Waals surface area contributed by atoms with Crippen molar-refractivity contribution >= 4 is 5.97 Å².